The minimum absolute atomic E-state index is 0.864. The zero-order valence-electron chi connectivity index (χ0n) is 30.9. The number of hydrogen-bond donors (Lipinski definition) is 0. The number of nitrogens with zero attached hydrogens (tertiary/aromatic N) is 2. The van der Waals surface area contributed by atoms with Crippen LogP contribution in [0.1, 0.15) is 0 Å². The Balaban J connectivity index is 1.16. The summed E-state index contributed by atoms with van der Waals surface area (Å²) in [4.78, 5) is 2.45. The third-order valence-corrected chi connectivity index (χ3v) is 11.7. The molecule has 0 amide bonds. The highest BCUT2D eigenvalue weighted by atomic mass is 16.3. The quantitative estimate of drug-likeness (QED) is 0.176. The summed E-state index contributed by atoms with van der Waals surface area (Å²) >= 11 is 0. The van der Waals surface area contributed by atoms with Crippen LogP contribution >= 0.6 is 0 Å². The molecule has 12 rings (SSSR count). The van der Waals surface area contributed by atoms with Crippen LogP contribution in [0.4, 0.5) is 17.1 Å². The smallest absolute Gasteiger partial charge is 0.143 e. The summed E-state index contributed by atoms with van der Waals surface area (Å²) in [6, 6.07) is 74.6. The number of benzene rings is 10. The maximum absolute atomic E-state index is 6.78. The molecule has 2 heterocycles. The van der Waals surface area contributed by atoms with Crippen LogP contribution < -0.4 is 4.90 Å². The Kier molecular flexibility index (Phi) is 6.93. The van der Waals surface area contributed by atoms with Crippen LogP contribution in [0.25, 0.3) is 92.9 Å². The molecule has 10 aromatic carbocycles. The summed E-state index contributed by atoms with van der Waals surface area (Å²) in [6.45, 7) is 0. The maximum atomic E-state index is 6.78. The van der Waals surface area contributed by atoms with Crippen LogP contribution in [0.3, 0.4) is 0 Å². The highest BCUT2D eigenvalue weighted by Crippen LogP contribution is 2.48. The van der Waals surface area contributed by atoms with E-state index in [0.29, 0.717) is 0 Å². The molecular formula is C54H34N2O. The van der Waals surface area contributed by atoms with Crippen molar-refractivity contribution >= 4 is 93.1 Å². The van der Waals surface area contributed by atoms with Gasteiger partial charge in [-0.3, -0.25) is 0 Å². The molecular weight excluding hydrogens is 693 g/mol. The van der Waals surface area contributed by atoms with Gasteiger partial charge in [0.25, 0.3) is 0 Å². The van der Waals surface area contributed by atoms with E-state index in [1.54, 1.807) is 0 Å². The number of para-hydroxylation sites is 2. The van der Waals surface area contributed by atoms with E-state index in [0.717, 1.165) is 55.5 Å². The van der Waals surface area contributed by atoms with Crippen molar-refractivity contribution in [1.29, 1.82) is 0 Å². The van der Waals surface area contributed by atoms with Crippen molar-refractivity contribution in [2.24, 2.45) is 0 Å². The van der Waals surface area contributed by atoms with Crippen molar-refractivity contribution in [3.05, 3.63) is 206 Å². The largest absolute Gasteiger partial charge is 0.455 e. The standard InChI is InChI=1S/C54H34N2O/c1-2-16-39(17-3-1)55-48-22-11-10-21-45(48)47-34-40(28-31-50(47)55)56(51-23-12-24-52-53(51)46-29-27-36-14-6-7-18-42(36)54(46)57-52)49-32-30-41(43-19-8-9-20-44(43)49)38-26-25-35-13-4-5-15-37(35)33-38/h1-34H. The Labute approximate surface area is 328 Å². The van der Waals surface area contributed by atoms with Crippen LogP contribution in [-0.2, 0) is 0 Å². The van der Waals surface area contributed by atoms with Gasteiger partial charge < -0.3 is 13.9 Å². The molecule has 3 heteroatoms. The van der Waals surface area contributed by atoms with Gasteiger partial charge in [-0.2, -0.15) is 0 Å². The molecule has 0 aliphatic heterocycles. The highest BCUT2D eigenvalue weighted by molar-refractivity contribution is 6.21. The molecule has 0 unspecified atom stereocenters. The van der Waals surface area contributed by atoms with E-state index in [1.807, 2.05) is 0 Å². The molecule has 12 aromatic rings. The average Bonchev–Trinajstić information content (AvgIpc) is 3.83. The van der Waals surface area contributed by atoms with E-state index in [2.05, 4.69) is 216 Å². The lowest BCUT2D eigenvalue weighted by Crippen LogP contribution is -2.11. The van der Waals surface area contributed by atoms with Crippen LogP contribution in [0.2, 0.25) is 0 Å². The topological polar surface area (TPSA) is 21.3 Å². The number of furan rings is 1. The molecule has 57 heavy (non-hydrogen) atoms. The Hall–Kier alpha value is -7.62. The van der Waals surface area contributed by atoms with Gasteiger partial charge in [0.15, 0.2) is 0 Å². The maximum Gasteiger partial charge on any atom is 0.143 e. The molecule has 0 saturated carbocycles. The predicted molar refractivity (Wildman–Crippen MR) is 241 cm³/mol. The van der Waals surface area contributed by atoms with Crippen molar-refractivity contribution in [3.63, 3.8) is 0 Å². The number of fused-ring (bicyclic) bond motifs is 10. The van der Waals surface area contributed by atoms with Gasteiger partial charge in [0.1, 0.15) is 11.2 Å². The van der Waals surface area contributed by atoms with E-state index in [1.165, 1.54) is 54.5 Å². The van der Waals surface area contributed by atoms with Crippen molar-refractivity contribution < 1.29 is 4.42 Å². The van der Waals surface area contributed by atoms with Gasteiger partial charge >= 0.3 is 0 Å². The fourth-order valence-electron chi connectivity index (χ4n) is 9.17. The molecule has 2 aromatic heterocycles. The predicted octanol–water partition coefficient (Wildman–Crippen LogP) is 15.3. The summed E-state index contributed by atoms with van der Waals surface area (Å²) in [5.74, 6) is 0. The molecule has 0 aliphatic rings. The summed E-state index contributed by atoms with van der Waals surface area (Å²) < 4.78 is 9.16. The first-order chi connectivity index (χ1) is 28.3. The Bertz CT molecular complexity index is 3540. The second-order valence-corrected chi connectivity index (χ2v) is 14.9. The minimum atomic E-state index is 0.864. The summed E-state index contributed by atoms with van der Waals surface area (Å²) in [5.41, 5.74) is 10.9. The number of hydrogen-bond acceptors (Lipinski definition) is 2. The molecule has 0 radical (unpaired) electrons. The van der Waals surface area contributed by atoms with Gasteiger partial charge in [-0.05, 0) is 99.4 Å². The van der Waals surface area contributed by atoms with Crippen LogP contribution in [0.15, 0.2) is 211 Å². The first-order valence-corrected chi connectivity index (χ1v) is 19.5. The summed E-state index contributed by atoms with van der Waals surface area (Å²) in [7, 11) is 0. The monoisotopic (exact) mass is 726 g/mol. The van der Waals surface area contributed by atoms with Gasteiger partial charge in [0.2, 0.25) is 0 Å². The zero-order valence-corrected chi connectivity index (χ0v) is 30.9. The van der Waals surface area contributed by atoms with E-state index in [-0.39, 0.29) is 0 Å². The number of aromatic nitrogens is 1. The minimum Gasteiger partial charge on any atom is -0.455 e. The zero-order chi connectivity index (χ0) is 37.5. The van der Waals surface area contributed by atoms with Gasteiger partial charge in [-0.25, -0.2) is 0 Å². The number of rotatable bonds is 5. The lowest BCUT2D eigenvalue weighted by atomic mass is 9.94. The van der Waals surface area contributed by atoms with Crippen molar-refractivity contribution in [2.75, 3.05) is 4.90 Å². The molecule has 0 saturated heterocycles. The highest BCUT2D eigenvalue weighted by Gasteiger charge is 2.24. The van der Waals surface area contributed by atoms with Gasteiger partial charge in [0.05, 0.1) is 27.8 Å². The molecule has 0 atom stereocenters. The first kappa shape index (κ1) is 31.7. The van der Waals surface area contributed by atoms with Gasteiger partial charge in [-0.1, -0.05) is 140 Å². The molecule has 3 nitrogen and oxygen atoms in total. The van der Waals surface area contributed by atoms with E-state index in [9.17, 15) is 0 Å². The van der Waals surface area contributed by atoms with Gasteiger partial charge in [0, 0.05) is 38.3 Å². The van der Waals surface area contributed by atoms with Gasteiger partial charge in [-0.15, -0.1) is 0 Å². The summed E-state index contributed by atoms with van der Waals surface area (Å²) in [6.07, 6.45) is 0. The Morgan fingerprint density at radius 1 is 0.386 bits per heavy atom. The van der Waals surface area contributed by atoms with Crippen molar-refractivity contribution in [2.45, 2.75) is 0 Å². The summed E-state index contributed by atoms with van der Waals surface area (Å²) in [5, 5.41) is 11.7. The third-order valence-electron chi connectivity index (χ3n) is 11.7. The van der Waals surface area contributed by atoms with Crippen LogP contribution in [0, 0.1) is 0 Å². The van der Waals surface area contributed by atoms with E-state index >= 15 is 0 Å². The molecule has 266 valence electrons. The number of anilines is 3. The Morgan fingerprint density at radius 3 is 1.96 bits per heavy atom. The second-order valence-electron chi connectivity index (χ2n) is 14.9. The van der Waals surface area contributed by atoms with Crippen LogP contribution in [0.5, 0.6) is 0 Å². The second kappa shape index (κ2) is 12.5. The van der Waals surface area contributed by atoms with Crippen LogP contribution in [-0.4, -0.2) is 4.57 Å². The fraction of sp³-hybridized carbons (Fsp3) is 0. The van der Waals surface area contributed by atoms with Crippen molar-refractivity contribution in [3.8, 4) is 16.8 Å². The SMILES string of the molecule is c1ccc(-n2c3ccccc3c3cc(N(c4ccc(-c5ccc6ccccc6c5)c5ccccc45)c4cccc5oc6c7ccccc7ccc6c45)ccc32)cc1. The lowest BCUT2D eigenvalue weighted by molar-refractivity contribution is 0.672. The molecule has 0 fully saturated rings. The van der Waals surface area contributed by atoms with Crippen molar-refractivity contribution in [1.82, 2.24) is 4.57 Å². The van der Waals surface area contributed by atoms with E-state index < -0.39 is 0 Å². The molecule has 0 aliphatic carbocycles. The third kappa shape index (κ3) is 4.86. The average molecular weight is 727 g/mol. The van der Waals surface area contributed by atoms with E-state index in [4.69, 9.17) is 4.42 Å². The molecule has 0 bridgehead atoms. The lowest BCUT2D eigenvalue weighted by Gasteiger charge is -2.28. The molecule has 0 N–H and O–H groups in total. The first-order valence-electron chi connectivity index (χ1n) is 19.5. The Morgan fingerprint density at radius 2 is 1.09 bits per heavy atom. The molecule has 0 spiro atoms. The fourth-order valence-corrected chi connectivity index (χ4v) is 9.17. The normalized spacial score (nSPS) is 11.9.